The van der Waals surface area contributed by atoms with Crippen molar-refractivity contribution in [1.82, 2.24) is 4.72 Å². The summed E-state index contributed by atoms with van der Waals surface area (Å²) in [6.07, 6.45) is 16.8. The molecule has 10 heteroatoms. The van der Waals surface area contributed by atoms with E-state index in [1.165, 1.54) is 75.4 Å². The van der Waals surface area contributed by atoms with Crippen LogP contribution in [0, 0.1) is 0 Å². The fourth-order valence-corrected chi connectivity index (χ4v) is 3.99. The molecule has 0 saturated carbocycles. The van der Waals surface area contributed by atoms with Crippen molar-refractivity contribution >= 4 is 28.1 Å². The van der Waals surface area contributed by atoms with Crippen LogP contribution in [0.2, 0.25) is 0 Å². The number of hydrogen-bond acceptors (Lipinski definition) is 6. The summed E-state index contributed by atoms with van der Waals surface area (Å²) in [5.41, 5.74) is 0. The molecule has 0 rings (SSSR count). The fraction of sp³-hybridized carbons (Fsp3) is 0.864. The van der Waals surface area contributed by atoms with Gasteiger partial charge in [0.05, 0.1) is 6.42 Å². The maximum absolute atomic E-state index is 11.6. The molecule has 0 aliphatic carbocycles. The molecule has 0 spiro atoms. The van der Waals surface area contributed by atoms with Crippen molar-refractivity contribution in [2.24, 2.45) is 0 Å². The van der Waals surface area contributed by atoms with E-state index in [2.05, 4.69) is 11.1 Å². The Morgan fingerprint density at radius 3 is 1.53 bits per heavy atom. The first-order valence-corrected chi connectivity index (χ1v) is 13.2. The minimum absolute atomic E-state index is 0. The molecule has 0 aliphatic heterocycles. The predicted molar refractivity (Wildman–Crippen MR) is 121 cm³/mol. The molecule has 0 aromatic carbocycles. The second kappa shape index (κ2) is 22.2. The first-order chi connectivity index (χ1) is 14.8. The Kier molecular flexibility index (Phi) is 23.2. The number of carboxylic acids is 1. The van der Waals surface area contributed by atoms with E-state index < -0.39 is 41.0 Å². The number of nitrogens with one attached hydrogen (secondary N) is 1. The van der Waals surface area contributed by atoms with Gasteiger partial charge in [-0.15, -0.1) is 0 Å². The van der Waals surface area contributed by atoms with E-state index in [4.69, 9.17) is 5.11 Å². The summed E-state index contributed by atoms with van der Waals surface area (Å²) in [6, 6.07) is 0. The van der Waals surface area contributed by atoms with Crippen LogP contribution in [0.25, 0.3) is 0 Å². The summed E-state index contributed by atoms with van der Waals surface area (Å²) in [5.74, 6) is -3.17. The number of aliphatic carboxylic acids is 1. The quantitative estimate of drug-likeness (QED) is 0.188. The fourth-order valence-electron chi connectivity index (χ4n) is 3.24. The number of amides is 1. The molecule has 2 N–H and O–H groups in total. The Morgan fingerprint density at radius 1 is 0.719 bits per heavy atom. The van der Waals surface area contributed by atoms with Crippen molar-refractivity contribution in [2.75, 3.05) is 0 Å². The molecule has 184 valence electrons. The topological polar surface area (TPSA) is 127 Å². The van der Waals surface area contributed by atoms with Crippen LogP contribution in [0.3, 0.4) is 0 Å². The molecule has 1 amide bonds. The van der Waals surface area contributed by atoms with Gasteiger partial charge < -0.3 is 10.7 Å². The van der Waals surface area contributed by atoms with E-state index in [1.54, 1.807) is 0 Å². The molecule has 0 bridgehead atoms. The molecule has 32 heavy (non-hydrogen) atoms. The number of rotatable bonds is 21. The van der Waals surface area contributed by atoms with Crippen LogP contribution in [-0.4, -0.2) is 31.4 Å². The average molecular weight is 488 g/mol. The van der Waals surface area contributed by atoms with Crippen LogP contribution < -0.4 is 34.3 Å². The Balaban J connectivity index is -0.00000450. The summed E-state index contributed by atoms with van der Waals surface area (Å²) in [6.45, 7) is 2.24. The number of carbonyl (C=O) groups is 3. The van der Waals surface area contributed by atoms with Gasteiger partial charge in [-0.25, -0.2) is 4.72 Å². The van der Waals surface area contributed by atoms with Crippen molar-refractivity contribution in [3.05, 3.63) is 0 Å². The number of carbonyl (C=O) groups excluding carboxylic acids is 2. The molecule has 0 heterocycles. The maximum atomic E-state index is 11.6. The smallest absolute Gasteiger partial charge is 1.00 e. The minimum Gasteiger partial charge on any atom is -1.00 e. The molecule has 0 unspecified atom stereocenters. The van der Waals surface area contributed by atoms with E-state index in [0.29, 0.717) is 6.42 Å². The Labute approximate surface area is 217 Å². The van der Waals surface area contributed by atoms with Crippen LogP contribution in [0.1, 0.15) is 124 Å². The van der Waals surface area contributed by atoms with Gasteiger partial charge in [-0.1, -0.05) is 96.8 Å². The van der Waals surface area contributed by atoms with Gasteiger partial charge in [-0.3, -0.25) is 14.4 Å². The SMILES string of the molecule is CCCCCCCCCCCCCCCCCC(=O)OS(=O)(=O)NC(=O)CCC(=O)O.[H-].[Na+]. The van der Waals surface area contributed by atoms with Gasteiger partial charge in [0.2, 0.25) is 5.91 Å². The Bertz CT molecular complexity index is 618. The van der Waals surface area contributed by atoms with Crippen LogP contribution in [0.15, 0.2) is 0 Å². The van der Waals surface area contributed by atoms with Gasteiger partial charge in [-0.2, -0.15) is 8.42 Å². The van der Waals surface area contributed by atoms with Crippen molar-refractivity contribution in [3.8, 4) is 0 Å². The van der Waals surface area contributed by atoms with Crippen molar-refractivity contribution in [3.63, 3.8) is 0 Å². The van der Waals surface area contributed by atoms with Crippen LogP contribution in [-0.2, 0) is 28.9 Å². The third kappa shape index (κ3) is 24.0. The standard InChI is InChI=1S/C22H41NO7S.Na.H/c1-2-3-4-5-6-7-8-9-10-11-12-13-14-15-16-17-22(27)30-31(28,29)23-20(24)18-19-21(25)26;;/h2-19H2,1H3,(H,23,24)(H,25,26);;/q;+1;-1. The van der Waals surface area contributed by atoms with Gasteiger partial charge in [0, 0.05) is 12.8 Å². The Morgan fingerprint density at radius 2 is 1.12 bits per heavy atom. The molecule has 0 saturated heterocycles. The largest absolute Gasteiger partial charge is 1.00 e. The summed E-state index contributed by atoms with van der Waals surface area (Å²) >= 11 is 0. The molecule has 0 atom stereocenters. The number of hydrogen-bond donors (Lipinski definition) is 2. The van der Waals surface area contributed by atoms with Crippen LogP contribution in [0.4, 0.5) is 0 Å². The normalized spacial score (nSPS) is 10.9. The third-order valence-electron chi connectivity index (χ3n) is 4.99. The molecule has 0 radical (unpaired) electrons. The van der Waals surface area contributed by atoms with Crippen LogP contribution >= 0.6 is 0 Å². The average Bonchev–Trinajstić information content (AvgIpc) is 2.68. The van der Waals surface area contributed by atoms with E-state index in [1.807, 2.05) is 0 Å². The first-order valence-electron chi connectivity index (χ1n) is 11.8. The number of unbranched alkanes of at least 4 members (excludes halogenated alkanes) is 14. The Hall–Kier alpha value is -0.640. The molecule has 0 aromatic rings. The van der Waals surface area contributed by atoms with Gasteiger partial charge >= 0.3 is 51.8 Å². The van der Waals surface area contributed by atoms with Crippen molar-refractivity contribution in [1.29, 1.82) is 0 Å². The van der Waals surface area contributed by atoms with E-state index >= 15 is 0 Å². The predicted octanol–water partition coefficient (Wildman–Crippen LogP) is 2.13. The van der Waals surface area contributed by atoms with E-state index in [-0.39, 0.29) is 37.4 Å². The molecule has 0 fully saturated rings. The molecular weight excluding hydrogens is 445 g/mol. The second-order valence-corrected chi connectivity index (χ2v) is 9.31. The van der Waals surface area contributed by atoms with E-state index in [9.17, 15) is 22.8 Å². The molecule has 0 aliphatic rings. The van der Waals surface area contributed by atoms with Crippen molar-refractivity contribution < 1.29 is 63.1 Å². The van der Waals surface area contributed by atoms with Gasteiger partial charge in [0.1, 0.15) is 0 Å². The maximum Gasteiger partial charge on any atom is 1.00 e. The zero-order chi connectivity index (χ0) is 23.4. The van der Waals surface area contributed by atoms with E-state index in [0.717, 1.165) is 19.3 Å². The third-order valence-corrected chi connectivity index (χ3v) is 5.87. The van der Waals surface area contributed by atoms with Crippen molar-refractivity contribution in [2.45, 2.75) is 122 Å². The molecule has 8 nitrogen and oxygen atoms in total. The number of carboxylic acid groups (broad SMARTS) is 1. The van der Waals surface area contributed by atoms with Gasteiger partial charge in [-0.05, 0) is 6.42 Å². The first kappa shape index (κ1) is 33.5. The zero-order valence-corrected chi connectivity index (χ0v) is 22.8. The molecular formula is C22H42NNaO7S. The zero-order valence-electron chi connectivity index (χ0n) is 21.0. The summed E-state index contributed by atoms with van der Waals surface area (Å²) in [5, 5.41) is 8.45. The molecule has 0 aromatic heterocycles. The minimum atomic E-state index is -4.54. The van der Waals surface area contributed by atoms with Crippen LogP contribution in [0.5, 0.6) is 0 Å². The monoisotopic (exact) mass is 487 g/mol. The second-order valence-electron chi connectivity index (χ2n) is 8.03. The van der Waals surface area contributed by atoms with Gasteiger partial charge in [0.25, 0.3) is 0 Å². The summed E-state index contributed by atoms with van der Waals surface area (Å²) in [7, 11) is -4.54. The summed E-state index contributed by atoms with van der Waals surface area (Å²) < 4.78 is 28.9. The van der Waals surface area contributed by atoms with Gasteiger partial charge in [0.15, 0.2) is 0 Å². The summed E-state index contributed by atoms with van der Waals surface area (Å²) in [4.78, 5) is 33.3.